The van der Waals surface area contributed by atoms with Gasteiger partial charge in [0.15, 0.2) is 17.1 Å². The highest BCUT2D eigenvalue weighted by Gasteiger charge is 2.26. The Morgan fingerprint density at radius 1 is 0.971 bits per heavy atom. The van der Waals surface area contributed by atoms with Gasteiger partial charge < -0.3 is 14.4 Å². The number of piperazine rings is 1. The average molecular weight is 476 g/mol. The van der Waals surface area contributed by atoms with Crippen molar-refractivity contribution in [2.45, 2.75) is 6.54 Å². The fraction of sp³-hybridized carbons (Fsp3) is 0.240. The summed E-state index contributed by atoms with van der Waals surface area (Å²) in [6.07, 6.45) is 3.32. The monoisotopic (exact) mass is 475 g/mol. The molecule has 8 nitrogen and oxygen atoms in total. The van der Waals surface area contributed by atoms with E-state index in [0.29, 0.717) is 29.3 Å². The number of hydrogen-bond acceptors (Lipinski definition) is 6. The number of nitrogens with zero attached hydrogens (tertiary/aromatic N) is 5. The van der Waals surface area contributed by atoms with Gasteiger partial charge in [-0.15, -0.1) is 0 Å². The van der Waals surface area contributed by atoms with Crippen molar-refractivity contribution < 1.29 is 14.3 Å². The van der Waals surface area contributed by atoms with Gasteiger partial charge in [0.1, 0.15) is 5.56 Å². The van der Waals surface area contributed by atoms with Gasteiger partial charge in [0.05, 0.1) is 11.9 Å². The molecule has 0 atom stereocenters. The van der Waals surface area contributed by atoms with E-state index in [1.807, 2.05) is 47.4 Å². The molecule has 9 heteroatoms. The molecule has 6 rings (SSSR count). The van der Waals surface area contributed by atoms with E-state index in [1.54, 1.807) is 16.9 Å². The van der Waals surface area contributed by atoms with Crippen LogP contribution in [0.4, 0.5) is 0 Å². The van der Waals surface area contributed by atoms with Crippen LogP contribution in [0.2, 0.25) is 5.02 Å². The minimum atomic E-state index is -0.0431. The van der Waals surface area contributed by atoms with Crippen molar-refractivity contribution in [2.24, 2.45) is 0 Å². The summed E-state index contributed by atoms with van der Waals surface area (Å²) < 4.78 is 12.6. The summed E-state index contributed by atoms with van der Waals surface area (Å²) in [6.45, 7) is 3.97. The number of fused-ring (bicyclic) bond motifs is 2. The number of rotatable bonds is 4. The lowest BCUT2D eigenvalue weighted by Crippen LogP contribution is -2.48. The largest absolute Gasteiger partial charge is 0.454 e. The van der Waals surface area contributed by atoms with Gasteiger partial charge in [0.25, 0.3) is 5.91 Å². The quantitative estimate of drug-likeness (QED) is 0.448. The van der Waals surface area contributed by atoms with Gasteiger partial charge in [-0.25, -0.2) is 9.50 Å². The molecule has 0 N–H and O–H groups in total. The van der Waals surface area contributed by atoms with Crippen molar-refractivity contribution in [3.05, 3.63) is 77.1 Å². The predicted molar refractivity (Wildman–Crippen MR) is 127 cm³/mol. The molecule has 2 aliphatic rings. The first-order chi connectivity index (χ1) is 16.7. The Kier molecular flexibility index (Phi) is 5.31. The number of carbonyl (C=O) groups excluding carboxylic acids is 1. The minimum Gasteiger partial charge on any atom is -0.454 e. The van der Waals surface area contributed by atoms with E-state index in [0.717, 1.165) is 42.4 Å². The lowest BCUT2D eigenvalue weighted by atomic mass is 10.1. The molecular formula is C25H22ClN5O3. The Bertz CT molecular complexity index is 1360. The predicted octanol–water partition coefficient (Wildman–Crippen LogP) is 3.74. The van der Waals surface area contributed by atoms with Gasteiger partial charge in [-0.05, 0) is 35.9 Å². The second-order valence-electron chi connectivity index (χ2n) is 8.39. The van der Waals surface area contributed by atoms with E-state index in [9.17, 15) is 4.79 Å². The van der Waals surface area contributed by atoms with E-state index in [2.05, 4.69) is 21.0 Å². The van der Waals surface area contributed by atoms with Crippen LogP contribution in [-0.4, -0.2) is 63.3 Å². The van der Waals surface area contributed by atoms with Crippen molar-refractivity contribution >= 4 is 23.2 Å². The molecule has 4 aromatic rings. The smallest absolute Gasteiger partial charge is 0.259 e. The molecule has 34 heavy (non-hydrogen) atoms. The molecule has 172 valence electrons. The summed E-state index contributed by atoms with van der Waals surface area (Å²) in [7, 11) is 0. The second-order valence-corrected chi connectivity index (χ2v) is 8.82. The third-order valence-electron chi connectivity index (χ3n) is 6.27. The molecule has 1 amide bonds. The fourth-order valence-electron chi connectivity index (χ4n) is 4.46. The van der Waals surface area contributed by atoms with E-state index < -0.39 is 0 Å². The van der Waals surface area contributed by atoms with Crippen molar-refractivity contribution in [2.75, 3.05) is 33.0 Å². The summed E-state index contributed by atoms with van der Waals surface area (Å²) >= 11 is 6.03. The highest BCUT2D eigenvalue weighted by molar-refractivity contribution is 6.30. The Labute approximate surface area is 201 Å². The molecule has 1 fully saturated rings. The number of ether oxygens (including phenoxy) is 2. The van der Waals surface area contributed by atoms with Gasteiger partial charge >= 0.3 is 0 Å². The van der Waals surface area contributed by atoms with Crippen molar-refractivity contribution in [1.82, 2.24) is 24.4 Å². The number of halogens is 1. The SMILES string of the molecule is O=C(c1cnn2c(-c3ccc(Cl)cc3)ccnc12)N1CCN(Cc2ccc3c(c2)OCO3)CC1. The molecule has 0 aliphatic carbocycles. The van der Waals surface area contributed by atoms with Crippen LogP contribution in [0.5, 0.6) is 11.5 Å². The van der Waals surface area contributed by atoms with Crippen LogP contribution in [0.15, 0.2) is 60.9 Å². The first kappa shape index (κ1) is 20.9. The molecule has 0 spiro atoms. The van der Waals surface area contributed by atoms with Gasteiger partial charge in [-0.3, -0.25) is 9.69 Å². The first-order valence-electron chi connectivity index (χ1n) is 11.1. The Balaban J connectivity index is 1.15. The van der Waals surface area contributed by atoms with Gasteiger partial charge in [0, 0.05) is 49.5 Å². The van der Waals surface area contributed by atoms with Crippen LogP contribution in [0.1, 0.15) is 15.9 Å². The van der Waals surface area contributed by atoms with E-state index in [1.165, 1.54) is 5.56 Å². The summed E-state index contributed by atoms with van der Waals surface area (Å²) in [6, 6.07) is 15.5. The number of benzene rings is 2. The zero-order valence-electron chi connectivity index (χ0n) is 18.4. The van der Waals surface area contributed by atoms with Crippen LogP contribution < -0.4 is 9.47 Å². The lowest BCUT2D eigenvalue weighted by Gasteiger charge is -2.34. The third kappa shape index (κ3) is 3.85. The molecule has 0 unspecified atom stereocenters. The van der Waals surface area contributed by atoms with Crippen LogP contribution in [-0.2, 0) is 6.54 Å². The average Bonchev–Trinajstić information content (AvgIpc) is 3.51. The highest BCUT2D eigenvalue weighted by atomic mass is 35.5. The maximum Gasteiger partial charge on any atom is 0.259 e. The lowest BCUT2D eigenvalue weighted by molar-refractivity contribution is 0.0630. The van der Waals surface area contributed by atoms with Crippen molar-refractivity contribution in [3.63, 3.8) is 0 Å². The van der Waals surface area contributed by atoms with E-state index >= 15 is 0 Å². The Hall–Kier alpha value is -3.62. The number of carbonyl (C=O) groups is 1. The van der Waals surface area contributed by atoms with Crippen molar-refractivity contribution in [1.29, 1.82) is 0 Å². The minimum absolute atomic E-state index is 0.0431. The molecule has 2 aliphatic heterocycles. The van der Waals surface area contributed by atoms with Gasteiger partial charge in [-0.1, -0.05) is 29.8 Å². The number of hydrogen-bond donors (Lipinski definition) is 0. The number of aromatic nitrogens is 3. The van der Waals surface area contributed by atoms with Crippen LogP contribution in [0.25, 0.3) is 16.9 Å². The summed E-state index contributed by atoms with van der Waals surface area (Å²) in [5, 5.41) is 5.14. The van der Waals surface area contributed by atoms with Crippen LogP contribution in [0, 0.1) is 0 Å². The zero-order valence-corrected chi connectivity index (χ0v) is 19.1. The summed E-state index contributed by atoms with van der Waals surface area (Å²) in [5.41, 5.74) is 4.05. The third-order valence-corrected chi connectivity index (χ3v) is 6.53. The Morgan fingerprint density at radius 3 is 2.59 bits per heavy atom. The Morgan fingerprint density at radius 2 is 1.76 bits per heavy atom. The molecule has 4 heterocycles. The molecular weight excluding hydrogens is 454 g/mol. The summed E-state index contributed by atoms with van der Waals surface area (Å²) in [5.74, 6) is 1.55. The number of amides is 1. The van der Waals surface area contributed by atoms with Gasteiger partial charge in [-0.2, -0.15) is 5.10 Å². The first-order valence-corrected chi connectivity index (χ1v) is 11.5. The molecule has 1 saturated heterocycles. The topological polar surface area (TPSA) is 72.2 Å². The molecule has 0 saturated carbocycles. The second kappa shape index (κ2) is 8.62. The maximum atomic E-state index is 13.3. The van der Waals surface area contributed by atoms with Crippen LogP contribution >= 0.6 is 11.6 Å². The van der Waals surface area contributed by atoms with Crippen LogP contribution in [0.3, 0.4) is 0 Å². The zero-order chi connectivity index (χ0) is 23.1. The van der Waals surface area contributed by atoms with E-state index in [-0.39, 0.29) is 12.7 Å². The standard InChI is InChI=1S/C25H22ClN5O3/c26-19-4-2-18(3-5-19)21-7-8-27-24-20(14-28-31(21)24)25(32)30-11-9-29(10-12-30)15-17-1-6-22-23(13-17)34-16-33-22/h1-8,13-14H,9-12,15-16H2. The maximum absolute atomic E-state index is 13.3. The summed E-state index contributed by atoms with van der Waals surface area (Å²) in [4.78, 5) is 22.0. The van der Waals surface area contributed by atoms with E-state index in [4.69, 9.17) is 21.1 Å². The molecule has 2 aromatic carbocycles. The molecule has 0 bridgehead atoms. The molecule has 2 aromatic heterocycles. The fourth-order valence-corrected chi connectivity index (χ4v) is 4.58. The van der Waals surface area contributed by atoms with Crippen molar-refractivity contribution in [3.8, 4) is 22.8 Å². The molecule has 0 radical (unpaired) electrons. The van der Waals surface area contributed by atoms with Gasteiger partial charge in [0.2, 0.25) is 6.79 Å². The highest BCUT2D eigenvalue weighted by Crippen LogP contribution is 2.33. The normalized spacial score (nSPS) is 15.7.